The number of hydrogen-bond acceptors (Lipinski definition) is 2. The number of rotatable bonds is 4. The van der Waals surface area contributed by atoms with Crippen LogP contribution in [0, 0.1) is 18.7 Å². The molecule has 0 saturated heterocycles. The molecular weight excluding hydrogens is 343 g/mol. The largest absolute Gasteiger partial charge is 0.389 e. The molecular formula is C22H27FN2O2. The van der Waals surface area contributed by atoms with E-state index in [-0.39, 0.29) is 23.7 Å². The fourth-order valence-corrected chi connectivity index (χ4v) is 4.93. The van der Waals surface area contributed by atoms with Crippen LogP contribution in [0.25, 0.3) is 10.9 Å². The summed E-state index contributed by atoms with van der Waals surface area (Å²) in [6.45, 7) is 3.77. The highest BCUT2D eigenvalue weighted by atomic mass is 19.1. The van der Waals surface area contributed by atoms with Gasteiger partial charge in [0.1, 0.15) is 5.82 Å². The van der Waals surface area contributed by atoms with Crippen molar-refractivity contribution >= 4 is 16.8 Å². The molecule has 2 aliphatic carbocycles. The number of H-pyrrole nitrogens is 1. The van der Waals surface area contributed by atoms with Crippen LogP contribution in [0.4, 0.5) is 4.39 Å². The first kappa shape index (κ1) is 18.2. The third-order valence-electron chi connectivity index (χ3n) is 6.22. The molecule has 27 heavy (non-hydrogen) atoms. The van der Waals surface area contributed by atoms with Gasteiger partial charge in [-0.1, -0.05) is 19.1 Å². The van der Waals surface area contributed by atoms with Crippen molar-refractivity contribution < 1.29 is 14.3 Å². The Morgan fingerprint density at radius 3 is 3.04 bits per heavy atom. The van der Waals surface area contributed by atoms with E-state index in [0.29, 0.717) is 30.7 Å². The van der Waals surface area contributed by atoms with E-state index in [1.54, 1.807) is 13.0 Å². The van der Waals surface area contributed by atoms with E-state index in [1.807, 2.05) is 13.1 Å². The van der Waals surface area contributed by atoms with Crippen LogP contribution < -0.4 is 5.32 Å². The van der Waals surface area contributed by atoms with Crippen molar-refractivity contribution in [2.24, 2.45) is 5.92 Å². The second-order valence-corrected chi connectivity index (χ2v) is 8.47. The van der Waals surface area contributed by atoms with Gasteiger partial charge in [-0.05, 0) is 67.7 Å². The van der Waals surface area contributed by atoms with Crippen LogP contribution in [-0.2, 0) is 4.79 Å². The average molecular weight is 370 g/mol. The molecule has 0 radical (unpaired) electrons. The molecule has 3 N–H and O–H groups in total. The topological polar surface area (TPSA) is 65.1 Å². The molecule has 1 aromatic carbocycles. The van der Waals surface area contributed by atoms with E-state index in [2.05, 4.69) is 22.5 Å². The molecule has 4 unspecified atom stereocenters. The van der Waals surface area contributed by atoms with E-state index in [0.717, 1.165) is 29.3 Å². The molecule has 5 heteroatoms. The molecule has 1 heterocycles. The Kier molecular flexibility index (Phi) is 4.58. The van der Waals surface area contributed by atoms with Crippen LogP contribution in [0.2, 0.25) is 0 Å². The maximum Gasteiger partial charge on any atom is 0.220 e. The Morgan fingerprint density at radius 1 is 1.44 bits per heavy atom. The lowest BCUT2D eigenvalue weighted by Gasteiger charge is -2.42. The van der Waals surface area contributed by atoms with E-state index in [9.17, 15) is 14.3 Å². The van der Waals surface area contributed by atoms with Crippen LogP contribution in [-0.4, -0.2) is 27.6 Å². The summed E-state index contributed by atoms with van der Waals surface area (Å²) < 4.78 is 14.0. The highest BCUT2D eigenvalue weighted by Crippen LogP contribution is 2.39. The van der Waals surface area contributed by atoms with Gasteiger partial charge < -0.3 is 15.4 Å². The number of hydrogen-bond donors (Lipinski definition) is 3. The Bertz CT molecular complexity index is 903. The molecule has 0 aliphatic heterocycles. The third kappa shape index (κ3) is 3.53. The summed E-state index contributed by atoms with van der Waals surface area (Å²) in [5.41, 5.74) is 1.81. The quantitative estimate of drug-likeness (QED) is 0.710. The summed E-state index contributed by atoms with van der Waals surface area (Å²) in [4.78, 5) is 15.8. The van der Waals surface area contributed by atoms with Gasteiger partial charge in [-0.25, -0.2) is 4.39 Å². The van der Waals surface area contributed by atoms with Crippen LogP contribution in [0.3, 0.4) is 0 Å². The molecule has 1 fully saturated rings. The number of nitrogens with one attached hydrogen (secondary N) is 2. The minimum absolute atomic E-state index is 0.0107. The lowest BCUT2D eigenvalue weighted by Crippen LogP contribution is -2.49. The number of aryl methyl sites for hydroxylation is 1. The minimum Gasteiger partial charge on any atom is -0.389 e. The third-order valence-corrected chi connectivity index (χ3v) is 6.22. The number of benzene rings is 1. The van der Waals surface area contributed by atoms with Crippen LogP contribution in [0.5, 0.6) is 0 Å². The van der Waals surface area contributed by atoms with Crippen LogP contribution in [0.1, 0.15) is 56.1 Å². The van der Waals surface area contributed by atoms with Gasteiger partial charge in [0, 0.05) is 29.6 Å². The van der Waals surface area contributed by atoms with Gasteiger partial charge in [-0.2, -0.15) is 0 Å². The number of carbonyl (C=O) groups excluding carboxylic acids is 1. The van der Waals surface area contributed by atoms with Crippen molar-refractivity contribution in [1.82, 2.24) is 10.3 Å². The standard InChI is InChI=1S/C22H27FN2O2/c1-13(17-12-24-19-6-5-18(23)14(2)21(17)19)8-20(26)25-16-9-15-4-3-7-22(27,10-15)11-16/h3-6,12-13,15-16,24,27H,7-11H2,1-2H3,(H,25,26). The molecule has 2 bridgehead atoms. The number of amides is 1. The van der Waals surface area contributed by atoms with Crippen molar-refractivity contribution in [2.75, 3.05) is 0 Å². The molecule has 1 amide bonds. The second-order valence-electron chi connectivity index (χ2n) is 8.47. The van der Waals surface area contributed by atoms with Gasteiger partial charge in [0.2, 0.25) is 5.91 Å². The first-order chi connectivity index (χ1) is 12.8. The Morgan fingerprint density at radius 2 is 2.26 bits per heavy atom. The van der Waals surface area contributed by atoms with Crippen molar-refractivity contribution in [3.05, 3.63) is 47.4 Å². The highest BCUT2D eigenvalue weighted by Gasteiger charge is 2.40. The lowest BCUT2D eigenvalue weighted by molar-refractivity contribution is -0.123. The van der Waals surface area contributed by atoms with Gasteiger partial charge in [-0.15, -0.1) is 0 Å². The molecule has 2 aliphatic rings. The molecule has 1 saturated carbocycles. The van der Waals surface area contributed by atoms with Gasteiger partial charge in [0.05, 0.1) is 5.60 Å². The van der Waals surface area contributed by atoms with Crippen molar-refractivity contribution in [2.45, 2.75) is 63.5 Å². The zero-order valence-electron chi connectivity index (χ0n) is 15.9. The maximum absolute atomic E-state index is 14.0. The van der Waals surface area contributed by atoms with E-state index >= 15 is 0 Å². The predicted octanol–water partition coefficient (Wildman–Crippen LogP) is 4.08. The number of halogens is 1. The van der Waals surface area contributed by atoms with E-state index in [4.69, 9.17) is 0 Å². The average Bonchev–Trinajstić information content (AvgIpc) is 3.02. The monoisotopic (exact) mass is 370 g/mol. The molecule has 4 rings (SSSR count). The molecule has 4 nitrogen and oxygen atoms in total. The summed E-state index contributed by atoms with van der Waals surface area (Å²) in [6, 6.07) is 3.22. The Labute approximate surface area is 158 Å². The zero-order chi connectivity index (χ0) is 19.2. The molecule has 144 valence electrons. The van der Waals surface area contributed by atoms with Gasteiger partial charge in [-0.3, -0.25) is 4.79 Å². The summed E-state index contributed by atoms with van der Waals surface area (Å²) in [5.74, 6) is 0.0864. The first-order valence-corrected chi connectivity index (χ1v) is 9.79. The number of aromatic amines is 1. The van der Waals surface area contributed by atoms with Crippen LogP contribution >= 0.6 is 0 Å². The summed E-state index contributed by atoms with van der Waals surface area (Å²) in [7, 11) is 0. The van der Waals surface area contributed by atoms with E-state index < -0.39 is 5.60 Å². The number of fused-ring (bicyclic) bond motifs is 3. The zero-order valence-corrected chi connectivity index (χ0v) is 15.9. The van der Waals surface area contributed by atoms with Gasteiger partial charge in [0.25, 0.3) is 0 Å². The number of allylic oxidation sites excluding steroid dienone is 1. The van der Waals surface area contributed by atoms with E-state index in [1.165, 1.54) is 6.07 Å². The van der Waals surface area contributed by atoms with Crippen molar-refractivity contribution in [3.8, 4) is 0 Å². The van der Waals surface area contributed by atoms with Crippen molar-refractivity contribution in [1.29, 1.82) is 0 Å². The fourth-order valence-electron chi connectivity index (χ4n) is 4.93. The SMILES string of the molecule is Cc1c(F)ccc2[nH]cc(C(C)CC(=O)NC3CC4C=CCC(O)(C4)C3)c12. The summed E-state index contributed by atoms with van der Waals surface area (Å²) in [6.07, 6.45) is 9.43. The summed E-state index contributed by atoms with van der Waals surface area (Å²) in [5, 5.41) is 14.6. The molecule has 2 aromatic rings. The normalized spacial score (nSPS) is 28.3. The smallest absolute Gasteiger partial charge is 0.220 e. The second kappa shape index (κ2) is 6.79. The predicted molar refractivity (Wildman–Crippen MR) is 104 cm³/mol. The fraction of sp³-hybridized carbons (Fsp3) is 0.500. The number of aromatic nitrogens is 1. The van der Waals surface area contributed by atoms with Gasteiger partial charge in [0.15, 0.2) is 0 Å². The maximum atomic E-state index is 14.0. The molecule has 0 spiro atoms. The highest BCUT2D eigenvalue weighted by molar-refractivity contribution is 5.88. The molecule has 1 aromatic heterocycles. The minimum atomic E-state index is -0.674. The number of aliphatic hydroxyl groups is 1. The first-order valence-electron chi connectivity index (χ1n) is 9.79. The Hall–Kier alpha value is -2.14. The van der Waals surface area contributed by atoms with Gasteiger partial charge >= 0.3 is 0 Å². The summed E-state index contributed by atoms with van der Waals surface area (Å²) >= 11 is 0. The Balaban J connectivity index is 1.44. The van der Waals surface area contributed by atoms with Crippen molar-refractivity contribution in [3.63, 3.8) is 0 Å². The van der Waals surface area contributed by atoms with Crippen LogP contribution in [0.15, 0.2) is 30.5 Å². The molecule has 4 atom stereocenters. The number of carbonyl (C=O) groups is 1. The lowest BCUT2D eigenvalue weighted by atomic mass is 9.70.